The minimum absolute atomic E-state index is 0.322. The molecular weight excluding hydrogens is 314 g/mol. The van der Waals surface area contributed by atoms with Crippen molar-refractivity contribution in [1.29, 1.82) is 0 Å². The number of amides is 1. The molecule has 0 aromatic heterocycles. The lowest BCUT2D eigenvalue weighted by atomic mass is 10.1. The third-order valence-corrected chi connectivity index (χ3v) is 4.93. The number of benzene rings is 1. The van der Waals surface area contributed by atoms with Gasteiger partial charge in [0.2, 0.25) is 12.7 Å². The number of carbonyl (C=O) groups excluding carboxylic acids is 1. The molecule has 3 rings (SSSR count). The summed E-state index contributed by atoms with van der Waals surface area (Å²) in [5.74, 6) is 2.03. The van der Waals surface area contributed by atoms with Crippen molar-refractivity contribution in [3.8, 4) is 11.5 Å². The number of fused-ring (bicyclic) bond motifs is 1. The van der Waals surface area contributed by atoms with E-state index in [9.17, 15) is 4.79 Å². The molecule has 0 spiro atoms. The normalized spacial score (nSPS) is 16.6. The smallest absolute Gasteiger partial charge is 0.231 e. The summed E-state index contributed by atoms with van der Waals surface area (Å²) in [5.41, 5.74) is 1.15. The first kappa shape index (κ1) is 17.8. The Morgan fingerprint density at radius 3 is 2.68 bits per heavy atom. The van der Waals surface area contributed by atoms with Crippen LogP contribution in [0.1, 0.15) is 63.4 Å². The van der Waals surface area contributed by atoms with E-state index in [1.807, 2.05) is 12.1 Å². The zero-order chi connectivity index (χ0) is 17.3. The first-order valence-corrected chi connectivity index (χ1v) is 9.67. The topological polar surface area (TPSA) is 38.8 Å². The summed E-state index contributed by atoms with van der Waals surface area (Å²) >= 11 is 0. The Kier molecular flexibility index (Phi) is 6.78. The zero-order valence-electron chi connectivity index (χ0n) is 15.0. The molecule has 0 bridgehead atoms. The number of nitrogens with zero attached hydrogens (tertiary/aromatic N) is 1. The Labute approximate surface area is 150 Å². The molecule has 0 radical (unpaired) electrons. The van der Waals surface area contributed by atoms with E-state index in [1.165, 1.54) is 32.1 Å². The van der Waals surface area contributed by atoms with Gasteiger partial charge < -0.3 is 14.4 Å². The van der Waals surface area contributed by atoms with Crippen molar-refractivity contribution in [2.45, 2.75) is 57.8 Å². The Morgan fingerprint density at radius 1 is 1.00 bits per heavy atom. The van der Waals surface area contributed by atoms with Crippen LogP contribution in [0.25, 0.3) is 6.08 Å². The van der Waals surface area contributed by atoms with E-state index in [2.05, 4.69) is 23.1 Å². The predicted molar refractivity (Wildman–Crippen MR) is 99.7 cm³/mol. The van der Waals surface area contributed by atoms with E-state index in [0.717, 1.165) is 55.8 Å². The van der Waals surface area contributed by atoms with Crippen LogP contribution in [0.2, 0.25) is 0 Å². The van der Waals surface area contributed by atoms with Gasteiger partial charge in [0.05, 0.1) is 0 Å². The number of ether oxygens (including phenoxy) is 2. The summed E-state index contributed by atoms with van der Waals surface area (Å²) in [5, 5.41) is 0. The minimum atomic E-state index is 0.322. The molecule has 2 aliphatic rings. The van der Waals surface area contributed by atoms with Crippen molar-refractivity contribution in [1.82, 2.24) is 4.90 Å². The molecule has 4 nitrogen and oxygen atoms in total. The number of piperidine rings is 1. The van der Waals surface area contributed by atoms with Gasteiger partial charge in [0.1, 0.15) is 0 Å². The molecule has 136 valence electrons. The lowest BCUT2D eigenvalue weighted by Crippen LogP contribution is -2.35. The average Bonchev–Trinajstić information content (AvgIpc) is 3.12. The van der Waals surface area contributed by atoms with Crippen LogP contribution in [0.5, 0.6) is 11.5 Å². The van der Waals surface area contributed by atoms with Crippen LogP contribution >= 0.6 is 0 Å². The largest absolute Gasteiger partial charge is 0.454 e. The van der Waals surface area contributed by atoms with Crippen LogP contribution in [-0.2, 0) is 4.79 Å². The van der Waals surface area contributed by atoms with Gasteiger partial charge >= 0.3 is 0 Å². The molecule has 0 saturated carbocycles. The molecular formula is C21H29NO3. The standard InChI is InChI=1S/C21H29NO3/c23-21(22-14-8-5-9-15-22)11-7-4-2-1-3-6-10-18-12-13-19-20(16-18)25-17-24-19/h6,10,12-13,16H,1-5,7-9,11,14-15,17H2/b10-6-. The van der Waals surface area contributed by atoms with E-state index >= 15 is 0 Å². The number of allylic oxidation sites excluding steroid dienone is 1. The first-order chi connectivity index (χ1) is 12.3. The molecule has 0 N–H and O–H groups in total. The molecule has 2 aliphatic heterocycles. The summed E-state index contributed by atoms with van der Waals surface area (Å²) in [6, 6.07) is 6.03. The molecule has 0 aliphatic carbocycles. The maximum Gasteiger partial charge on any atom is 0.231 e. The van der Waals surface area contributed by atoms with Crippen molar-refractivity contribution in [3.63, 3.8) is 0 Å². The number of rotatable bonds is 8. The van der Waals surface area contributed by atoms with Gasteiger partial charge in [-0.05, 0) is 56.2 Å². The van der Waals surface area contributed by atoms with Gasteiger partial charge in [0.25, 0.3) is 0 Å². The van der Waals surface area contributed by atoms with Gasteiger partial charge in [0, 0.05) is 19.5 Å². The second kappa shape index (κ2) is 9.50. The molecule has 0 unspecified atom stereocenters. The van der Waals surface area contributed by atoms with Crippen molar-refractivity contribution in [2.75, 3.05) is 19.9 Å². The fourth-order valence-electron chi connectivity index (χ4n) is 3.43. The van der Waals surface area contributed by atoms with Gasteiger partial charge in [-0.2, -0.15) is 0 Å². The molecule has 25 heavy (non-hydrogen) atoms. The Balaban J connectivity index is 1.24. The average molecular weight is 343 g/mol. The highest BCUT2D eigenvalue weighted by atomic mass is 16.7. The van der Waals surface area contributed by atoms with E-state index in [1.54, 1.807) is 0 Å². The lowest BCUT2D eigenvalue weighted by molar-refractivity contribution is -0.132. The number of carbonyl (C=O) groups is 1. The van der Waals surface area contributed by atoms with Crippen molar-refractivity contribution < 1.29 is 14.3 Å². The molecule has 0 atom stereocenters. The van der Waals surface area contributed by atoms with Gasteiger partial charge in [-0.25, -0.2) is 0 Å². The Hall–Kier alpha value is -1.97. The third-order valence-electron chi connectivity index (χ3n) is 4.93. The predicted octanol–water partition coefficient (Wildman–Crippen LogP) is 4.78. The summed E-state index contributed by atoms with van der Waals surface area (Å²) in [6.07, 6.45) is 14.4. The van der Waals surface area contributed by atoms with Crippen LogP contribution in [0.15, 0.2) is 24.3 Å². The molecule has 1 fully saturated rings. The highest BCUT2D eigenvalue weighted by Crippen LogP contribution is 2.32. The molecule has 1 aromatic carbocycles. The molecule has 4 heteroatoms. The molecule has 1 aromatic rings. The van der Waals surface area contributed by atoms with E-state index in [0.29, 0.717) is 12.7 Å². The van der Waals surface area contributed by atoms with Crippen LogP contribution in [0.4, 0.5) is 0 Å². The lowest BCUT2D eigenvalue weighted by Gasteiger charge is -2.26. The third kappa shape index (κ3) is 5.52. The summed E-state index contributed by atoms with van der Waals surface area (Å²) in [6.45, 7) is 2.27. The van der Waals surface area contributed by atoms with Crippen molar-refractivity contribution in [2.24, 2.45) is 0 Å². The van der Waals surface area contributed by atoms with E-state index < -0.39 is 0 Å². The summed E-state index contributed by atoms with van der Waals surface area (Å²) in [4.78, 5) is 14.1. The summed E-state index contributed by atoms with van der Waals surface area (Å²) in [7, 11) is 0. The van der Waals surface area contributed by atoms with Crippen molar-refractivity contribution in [3.05, 3.63) is 29.8 Å². The molecule has 2 heterocycles. The quantitative estimate of drug-likeness (QED) is 0.638. The number of unbranched alkanes of at least 4 members (excludes halogenated alkanes) is 4. The highest BCUT2D eigenvalue weighted by molar-refractivity contribution is 5.76. The minimum Gasteiger partial charge on any atom is -0.454 e. The van der Waals surface area contributed by atoms with E-state index in [4.69, 9.17) is 9.47 Å². The second-order valence-corrected chi connectivity index (χ2v) is 6.91. The Morgan fingerprint density at radius 2 is 1.80 bits per heavy atom. The van der Waals surface area contributed by atoms with Crippen molar-refractivity contribution >= 4 is 12.0 Å². The van der Waals surface area contributed by atoms with Gasteiger partial charge in [-0.15, -0.1) is 0 Å². The van der Waals surface area contributed by atoms with E-state index in [-0.39, 0.29) is 0 Å². The fraction of sp³-hybridized carbons (Fsp3) is 0.571. The fourth-order valence-corrected chi connectivity index (χ4v) is 3.43. The van der Waals surface area contributed by atoms with Gasteiger partial charge in [0.15, 0.2) is 11.5 Å². The highest BCUT2D eigenvalue weighted by Gasteiger charge is 2.15. The van der Waals surface area contributed by atoms with Crippen LogP contribution in [0, 0.1) is 0 Å². The molecule has 1 saturated heterocycles. The number of hydrogen-bond donors (Lipinski definition) is 0. The van der Waals surface area contributed by atoms with Crippen LogP contribution in [0.3, 0.4) is 0 Å². The number of hydrogen-bond acceptors (Lipinski definition) is 3. The Bertz CT molecular complexity index is 591. The first-order valence-electron chi connectivity index (χ1n) is 9.67. The maximum absolute atomic E-state index is 12.1. The van der Waals surface area contributed by atoms with Crippen LogP contribution in [-0.4, -0.2) is 30.7 Å². The van der Waals surface area contributed by atoms with Gasteiger partial charge in [-0.3, -0.25) is 4.79 Å². The monoisotopic (exact) mass is 343 g/mol. The second-order valence-electron chi connectivity index (χ2n) is 6.91. The SMILES string of the molecule is O=C(CCCCCC/C=C\c1ccc2c(c1)OCO2)N1CCCCC1. The molecule has 1 amide bonds. The zero-order valence-corrected chi connectivity index (χ0v) is 15.0. The van der Waals surface area contributed by atoms with Gasteiger partial charge in [-0.1, -0.05) is 31.1 Å². The number of likely N-dealkylation sites (tertiary alicyclic amines) is 1. The summed E-state index contributed by atoms with van der Waals surface area (Å²) < 4.78 is 10.7. The maximum atomic E-state index is 12.1. The van der Waals surface area contributed by atoms with Crippen LogP contribution < -0.4 is 9.47 Å².